The molecule has 2 heterocycles. The molecule has 1 N–H and O–H groups in total. The van der Waals surface area contributed by atoms with Crippen molar-refractivity contribution in [2.75, 3.05) is 11.9 Å². The highest BCUT2D eigenvalue weighted by atomic mass is 19.1. The molecule has 1 fully saturated rings. The SMILES string of the molecule is CC(C)COC(=O)C[C@H]1C[C@@H](CCn2c(-c3ccc(F)cc3)c(-c3ccccc3)c(C(=O)Nc3ccc(OCc4ccccc4)cc3)c2C(C)C)OC(C)(C)O1. The first kappa shape index (κ1) is 40.4. The number of anilines is 1. The van der Waals surface area contributed by atoms with Gasteiger partial charge in [-0.25, -0.2) is 4.39 Å². The number of hydrogen-bond acceptors (Lipinski definition) is 6. The second kappa shape index (κ2) is 18.1. The second-order valence-corrected chi connectivity index (χ2v) is 15.6. The number of hydrogen-bond donors (Lipinski definition) is 1. The molecule has 1 aliphatic heterocycles. The zero-order chi connectivity index (χ0) is 39.8. The molecule has 0 spiro atoms. The highest BCUT2D eigenvalue weighted by Crippen LogP contribution is 2.43. The van der Waals surface area contributed by atoms with E-state index >= 15 is 0 Å². The fourth-order valence-corrected chi connectivity index (χ4v) is 7.36. The van der Waals surface area contributed by atoms with Crippen molar-refractivity contribution in [2.24, 2.45) is 5.92 Å². The van der Waals surface area contributed by atoms with E-state index in [1.54, 1.807) is 12.1 Å². The molecule has 4 aromatic carbocycles. The Bertz CT molecular complexity index is 2060. The average Bonchev–Trinajstić information content (AvgIpc) is 3.52. The maximum atomic E-state index is 14.7. The van der Waals surface area contributed by atoms with Crippen molar-refractivity contribution in [2.45, 2.75) is 97.9 Å². The van der Waals surface area contributed by atoms with Crippen LogP contribution in [0.5, 0.6) is 5.75 Å². The van der Waals surface area contributed by atoms with Gasteiger partial charge in [-0.15, -0.1) is 0 Å². The summed E-state index contributed by atoms with van der Waals surface area (Å²) in [6.45, 7) is 13.2. The van der Waals surface area contributed by atoms with Gasteiger partial charge in [-0.1, -0.05) is 88.4 Å². The lowest BCUT2D eigenvalue weighted by molar-refractivity contribution is -0.300. The van der Waals surface area contributed by atoms with Crippen molar-refractivity contribution < 1.29 is 32.9 Å². The molecule has 1 aromatic heterocycles. The summed E-state index contributed by atoms with van der Waals surface area (Å²) in [4.78, 5) is 27.4. The Hall–Kier alpha value is -5.25. The third-order valence-corrected chi connectivity index (χ3v) is 9.69. The average molecular weight is 761 g/mol. The van der Waals surface area contributed by atoms with Crippen LogP contribution in [0.25, 0.3) is 22.4 Å². The van der Waals surface area contributed by atoms with Crippen LogP contribution in [0.15, 0.2) is 109 Å². The monoisotopic (exact) mass is 760 g/mol. The van der Waals surface area contributed by atoms with E-state index in [4.69, 9.17) is 18.9 Å². The van der Waals surface area contributed by atoms with Gasteiger partial charge in [-0.05, 0) is 97.3 Å². The lowest BCUT2D eigenvalue weighted by Crippen LogP contribution is -2.45. The van der Waals surface area contributed by atoms with Gasteiger partial charge in [-0.2, -0.15) is 0 Å². The van der Waals surface area contributed by atoms with Crippen molar-refractivity contribution in [1.29, 1.82) is 0 Å². The van der Waals surface area contributed by atoms with E-state index in [0.717, 1.165) is 33.6 Å². The minimum absolute atomic E-state index is 0.0725. The van der Waals surface area contributed by atoms with Crippen molar-refractivity contribution in [3.05, 3.63) is 132 Å². The van der Waals surface area contributed by atoms with Gasteiger partial charge in [0.2, 0.25) is 0 Å². The van der Waals surface area contributed by atoms with Crippen molar-refractivity contribution in [1.82, 2.24) is 4.57 Å². The summed E-state index contributed by atoms with van der Waals surface area (Å²) in [7, 11) is 0. The zero-order valence-corrected chi connectivity index (χ0v) is 33.2. The largest absolute Gasteiger partial charge is 0.489 e. The molecule has 1 aliphatic rings. The Kier molecular flexibility index (Phi) is 13.1. The predicted molar refractivity (Wildman–Crippen MR) is 218 cm³/mol. The maximum absolute atomic E-state index is 14.7. The van der Waals surface area contributed by atoms with E-state index in [2.05, 4.69) is 23.7 Å². The van der Waals surface area contributed by atoms with Crippen LogP contribution < -0.4 is 10.1 Å². The molecule has 0 bridgehead atoms. The lowest BCUT2D eigenvalue weighted by atomic mass is 9.94. The highest BCUT2D eigenvalue weighted by Gasteiger charge is 2.37. The van der Waals surface area contributed by atoms with E-state index in [0.29, 0.717) is 49.6 Å². The van der Waals surface area contributed by atoms with E-state index in [1.165, 1.54) is 12.1 Å². The lowest BCUT2D eigenvalue weighted by Gasteiger charge is -2.40. The molecule has 9 heteroatoms. The molecule has 294 valence electrons. The first-order chi connectivity index (χ1) is 26.9. The van der Waals surface area contributed by atoms with Gasteiger partial charge in [0.15, 0.2) is 5.79 Å². The molecule has 0 saturated carbocycles. The van der Waals surface area contributed by atoms with Crippen LogP contribution in [0, 0.1) is 11.7 Å². The summed E-state index contributed by atoms with van der Waals surface area (Å²) in [5, 5.41) is 3.17. The molecule has 1 saturated heterocycles. The Morgan fingerprint density at radius 3 is 2.12 bits per heavy atom. The molecule has 5 aromatic rings. The Morgan fingerprint density at radius 2 is 1.48 bits per heavy atom. The van der Waals surface area contributed by atoms with Crippen LogP contribution in [0.2, 0.25) is 0 Å². The zero-order valence-electron chi connectivity index (χ0n) is 33.2. The molecule has 0 aliphatic carbocycles. The molecule has 56 heavy (non-hydrogen) atoms. The minimum Gasteiger partial charge on any atom is -0.489 e. The quantitative estimate of drug-likeness (QED) is 0.107. The van der Waals surface area contributed by atoms with Gasteiger partial charge in [-0.3, -0.25) is 9.59 Å². The molecule has 0 radical (unpaired) electrons. The first-order valence-corrected chi connectivity index (χ1v) is 19.5. The van der Waals surface area contributed by atoms with E-state index in [1.807, 2.05) is 113 Å². The minimum atomic E-state index is -0.911. The van der Waals surface area contributed by atoms with Crippen LogP contribution in [-0.2, 0) is 32.2 Å². The number of carbonyl (C=O) groups excluding carboxylic acids is 2. The fraction of sp³-hybridized carbons (Fsp3) is 0.362. The number of ether oxygens (including phenoxy) is 4. The molecule has 2 atom stereocenters. The van der Waals surface area contributed by atoms with Crippen LogP contribution >= 0.6 is 0 Å². The number of benzene rings is 4. The molecule has 6 rings (SSSR count). The smallest absolute Gasteiger partial charge is 0.308 e. The van der Waals surface area contributed by atoms with Gasteiger partial charge >= 0.3 is 5.97 Å². The number of halogens is 1. The summed E-state index contributed by atoms with van der Waals surface area (Å²) in [6.07, 6.45) is 0.608. The maximum Gasteiger partial charge on any atom is 0.308 e. The third kappa shape index (κ3) is 10.3. The standard InChI is InChI=1S/C47H53FN2O6/c1-31(2)29-54-41(51)28-40-27-39(55-47(5,6)56-40)25-26-50-44(32(3)4)43(42(34-15-11-8-12-16-34)45(50)35-17-19-36(48)20-18-35)46(52)49-37-21-23-38(24-22-37)53-30-33-13-9-7-10-14-33/h7-24,31-32,39-40H,25-30H2,1-6H3,(H,49,52)/t39-,40-/m1/s1. The van der Waals surface area contributed by atoms with Gasteiger partial charge in [0.1, 0.15) is 18.2 Å². The summed E-state index contributed by atoms with van der Waals surface area (Å²) in [5.41, 5.74) is 6.32. The second-order valence-electron chi connectivity index (χ2n) is 15.6. The first-order valence-electron chi connectivity index (χ1n) is 19.5. The number of nitrogens with one attached hydrogen (secondary N) is 1. The number of aromatic nitrogens is 1. The van der Waals surface area contributed by atoms with Crippen molar-refractivity contribution in [3.8, 4) is 28.1 Å². The number of amides is 1. The molecule has 1 amide bonds. The van der Waals surface area contributed by atoms with E-state index in [-0.39, 0.29) is 48.2 Å². The van der Waals surface area contributed by atoms with Crippen LogP contribution in [0.4, 0.5) is 10.1 Å². The summed E-state index contributed by atoms with van der Waals surface area (Å²) < 4.78 is 40.7. The van der Waals surface area contributed by atoms with Gasteiger partial charge in [0, 0.05) is 29.9 Å². The summed E-state index contributed by atoms with van der Waals surface area (Å²) >= 11 is 0. The number of nitrogens with zero attached hydrogens (tertiary/aromatic N) is 1. The molecule has 0 unspecified atom stereocenters. The summed E-state index contributed by atoms with van der Waals surface area (Å²) in [5.74, 6) is -0.939. The van der Waals surface area contributed by atoms with E-state index < -0.39 is 5.79 Å². The number of rotatable bonds is 15. The Morgan fingerprint density at radius 1 is 0.839 bits per heavy atom. The predicted octanol–water partition coefficient (Wildman–Crippen LogP) is 10.8. The van der Waals surface area contributed by atoms with Crippen LogP contribution in [0.3, 0.4) is 0 Å². The highest BCUT2D eigenvalue weighted by molar-refractivity contribution is 6.12. The number of esters is 1. The van der Waals surface area contributed by atoms with Crippen LogP contribution in [0.1, 0.15) is 88.3 Å². The van der Waals surface area contributed by atoms with Gasteiger partial charge in [0.25, 0.3) is 5.91 Å². The summed E-state index contributed by atoms with van der Waals surface area (Å²) in [6, 6.07) is 33.6. The normalized spacial score (nSPS) is 16.5. The van der Waals surface area contributed by atoms with Gasteiger partial charge < -0.3 is 28.8 Å². The van der Waals surface area contributed by atoms with Crippen molar-refractivity contribution >= 4 is 17.6 Å². The van der Waals surface area contributed by atoms with Crippen LogP contribution in [-0.4, -0.2) is 41.0 Å². The fourth-order valence-electron chi connectivity index (χ4n) is 7.36. The Balaban J connectivity index is 1.35. The molecular formula is C47H53FN2O6. The third-order valence-electron chi connectivity index (χ3n) is 9.69. The molecular weight excluding hydrogens is 708 g/mol. The molecule has 8 nitrogen and oxygen atoms in total. The number of carbonyl (C=O) groups is 2. The topological polar surface area (TPSA) is 88.0 Å². The van der Waals surface area contributed by atoms with E-state index in [9.17, 15) is 14.0 Å². The Labute approximate surface area is 329 Å². The van der Waals surface area contributed by atoms with Gasteiger partial charge in [0.05, 0.1) is 36.5 Å². The van der Waals surface area contributed by atoms with Crippen molar-refractivity contribution in [3.63, 3.8) is 0 Å².